The van der Waals surface area contributed by atoms with E-state index in [-0.39, 0.29) is 36.1 Å². The first-order chi connectivity index (χ1) is 21.5. The van der Waals surface area contributed by atoms with Crippen molar-refractivity contribution in [3.63, 3.8) is 0 Å². The molecular formula is C36H51N5O5. The first-order valence-corrected chi connectivity index (χ1v) is 16.3. The number of urea groups is 1. The number of ketones is 1. The third kappa shape index (κ3) is 7.37. The summed E-state index contributed by atoms with van der Waals surface area (Å²) in [5, 5.41) is 11.3. The number of likely N-dealkylation sites (tertiary alicyclic amines) is 1. The van der Waals surface area contributed by atoms with E-state index in [1.54, 1.807) is 17.1 Å². The predicted octanol–water partition coefficient (Wildman–Crippen LogP) is 3.45. The van der Waals surface area contributed by atoms with Gasteiger partial charge in [0.25, 0.3) is 5.91 Å². The number of nitrogens with zero attached hydrogens (tertiary/aromatic N) is 1. The number of piperidine rings is 1. The van der Waals surface area contributed by atoms with Gasteiger partial charge in [-0.1, -0.05) is 57.2 Å². The molecule has 1 aromatic carbocycles. The van der Waals surface area contributed by atoms with Crippen LogP contribution in [0.3, 0.4) is 0 Å². The molecule has 1 heterocycles. The summed E-state index contributed by atoms with van der Waals surface area (Å²) in [6.07, 6.45) is 5.58. The molecule has 0 radical (unpaired) electrons. The van der Waals surface area contributed by atoms with E-state index in [4.69, 9.17) is 0 Å². The summed E-state index contributed by atoms with van der Waals surface area (Å²) in [4.78, 5) is 69.5. The number of Topliss-reactive ketones (excluding diaryl/α,β-unsaturated/α-hetero) is 1. The predicted molar refractivity (Wildman–Crippen MR) is 178 cm³/mol. The fraction of sp³-hybridized carbons (Fsp3) is 0.583. The summed E-state index contributed by atoms with van der Waals surface area (Å²) in [5.41, 5.74) is 0.933. The zero-order valence-electron chi connectivity index (χ0n) is 28.2. The molecule has 1 saturated heterocycles. The number of hydrogen-bond acceptors (Lipinski definition) is 5. The zero-order valence-corrected chi connectivity index (χ0v) is 28.2. The molecule has 0 bridgehead atoms. The zero-order chi connectivity index (χ0) is 34.0. The molecule has 3 aliphatic rings. The van der Waals surface area contributed by atoms with Gasteiger partial charge in [0.15, 0.2) is 0 Å². The molecule has 2 fully saturated rings. The molecule has 4 N–H and O–H groups in total. The van der Waals surface area contributed by atoms with E-state index in [1.807, 2.05) is 39.8 Å². The van der Waals surface area contributed by atoms with Gasteiger partial charge in [-0.05, 0) is 81.3 Å². The number of rotatable bonds is 13. The van der Waals surface area contributed by atoms with Gasteiger partial charge < -0.3 is 26.2 Å². The molecule has 10 heteroatoms. The molecule has 1 saturated carbocycles. The molecular weight excluding hydrogens is 582 g/mol. The van der Waals surface area contributed by atoms with E-state index < -0.39 is 52.7 Å². The smallest absolute Gasteiger partial charge is 0.315 e. The number of amides is 5. The number of hydrogen-bond donors (Lipinski definition) is 4. The van der Waals surface area contributed by atoms with E-state index in [1.165, 1.54) is 0 Å². The number of benzene rings is 1. The molecule has 1 unspecified atom stereocenters. The van der Waals surface area contributed by atoms with Crippen molar-refractivity contribution in [2.24, 2.45) is 22.7 Å². The van der Waals surface area contributed by atoms with Crippen molar-refractivity contribution in [2.45, 2.75) is 97.3 Å². The van der Waals surface area contributed by atoms with Crippen LogP contribution >= 0.6 is 0 Å². The molecule has 5 amide bonds. The van der Waals surface area contributed by atoms with Crippen molar-refractivity contribution >= 4 is 29.5 Å². The first-order valence-electron chi connectivity index (χ1n) is 16.3. The molecule has 46 heavy (non-hydrogen) atoms. The van der Waals surface area contributed by atoms with Crippen LogP contribution in [-0.4, -0.2) is 71.2 Å². The average Bonchev–Trinajstić information content (AvgIpc) is 3.28. The van der Waals surface area contributed by atoms with Gasteiger partial charge in [0, 0.05) is 24.0 Å². The molecule has 1 aromatic rings. The normalized spacial score (nSPS) is 23.2. The van der Waals surface area contributed by atoms with Crippen molar-refractivity contribution in [1.82, 2.24) is 26.2 Å². The maximum absolute atomic E-state index is 14.7. The van der Waals surface area contributed by atoms with Crippen LogP contribution in [0, 0.1) is 22.7 Å². The Balaban J connectivity index is 1.62. The summed E-state index contributed by atoms with van der Waals surface area (Å²) >= 11 is 0. The largest absolute Gasteiger partial charge is 0.349 e. The van der Waals surface area contributed by atoms with Gasteiger partial charge in [-0.2, -0.15) is 0 Å². The third-order valence-corrected chi connectivity index (χ3v) is 9.93. The summed E-state index contributed by atoms with van der Waals surface area (Å²) in [6, 6.07) is 4.77. The highest BCUT2D eigenvalue weighted by atomic mass is 16.2. The van der Waals surface area contributed by atoms with Crippen molar-refractivity contribution in [1.29, 1.82) is 0 Å². The number of fused-ring (bicyclic) bond motifs is 2. The van der Waals surface area contributed by atoms with E-state index >= 15 is 0 Å². The third-order valence-electron chi connectivity index (χ3n) is 9.93. The van der Waals surface area contributed by atoms with Gasteiger partial charge in [0.1, 0.15) is 12.1 Å². The van der Waals surface area contributed by atoms with Crippen LogP contribution in [0.2, 0.25) is 0 Å². The molecule has 5 atom stereocenters. The van der Waals surface area contributed by atoms with E-state index in [2.05, 4.69) is 60.4 Å². The topological polar surface area (TPSA) is 137 Å². The molecule has 0 spiro atoms. The van der Waals surface area contributed by atoms with Crippen molar-refractivity contribution < 1.29 is 24.0 Å². The van der Waals surface area contributed by atoms with Crippen molar-refractivity contribution in [2.75, 3.05) is 13.1 Å². The molecule has 0 aromatic heterocycles. The SMILES string of the molecule is C=CCCNC(=O)C(=O)C(CCC=C)NC(=O)[C@@H]1[C@@H]2[C@H](CN1C(=O)[C@@H](NC(=O)NC(C)(C)C)C1(C)Cc3ccccc3C1)C2(C)C. The number of carbonyl (C=O) groups is 5. The Kier molecular flexibility index (Phi) is 10.2. The van der Waals surface area contributed by atoms with Crippen molar-refractivity contribution in [3.05, 3.63) is 60.7 Å². The molecule has 1 aliphatic heterocycles. The Morgan fingerprint density at radius 1 is 0.978 bits per heavy atom. The second kappa shape index (κ2) is 13.4. The monoisotopic (exact) mass is 633 g/mol. The fourth-order valence-electron chi connectivity index (χ4n) is 7.40. The minimum absolute atomic E-state index is 0.0920. The maximum Gasteiger partial charge on any atom is 0.315 e. The van der Waals surface area contributed by atoms with Gasteiger partial charge in [-0.15, -0.1) is 13.2 Å². The van der Waals surface area contributed by atoms with Gasteiger partial charge in [-0.25, -0.2) is 4.79 Å². The lowest BCUT2D eigenvalue weighted by atomic mass is 9.78. The average molecular weight is 634 g/mol. The minimum atomic E-state index is -1.07. The first kappa shape index (κ1) is 34.9. The van der Waals surface area contributed by atoms with Crippen LogP contribution < -0.4 is 21.3 Å². The fourth-order valence-corrected chi connectivity index (χ4v) is 7.40. The van der Waals surface area contributed by atoms with Crippen LogP contribution in [0.15, 0.2) is 49.6 Å². The van der Waals surface area contributed by atoms with Gasteiger partial charge in [0.2, 0.25) is 17.6 Å². The Hall–Kier alpha value is -3.95. The Morgan fingerprint density at radius 3 is 2.15 bits per heavy atom. The molecule has 250 valence electrons. The Morgan fingerprint density at radius 2 is 1.59 bits per heavy atom. The number of allylic oxidation sites excluding steroid dienone is 1. The van der Waals surface area contributed by atoms with E-state index in [0.29, 0.717) is 32.2 Å². The highest BCUT2D eigenvalue weighted by Gasteiger charge is 2.70. The van der Waals surface area contributed by atoms with Crippen LogP contribution in [0.5, 0.6) is 0 Å². The van der Waals surface area contributed by atoms with Crippen LogP contribution in [0.4, 0.5) is 4.79 Å². The Bertz CT molecular complexity index is 1370. The molecule has 4 rings (SSSR count). The number of carbonyl (C=O) groups excluding carboxylic acids is 5. The molecule has 2 aliphatic carbocycles. The van der Waals surface area contributed by atoms with Crippen LogP contribution in [-0.2, 0) is 32.0 Å². The summed E-state index contributed by atoms with van der Waals surface area (Å²) in [6.45, 7) is 19.8. The Labute approximate surface area is 273 Å². The van der Waals surface area contributed by atoms with Gasteiger partial charge in [0.05, 0.1) is 6.04 Å². The maximum atomic E-state index is 14.7. The number of nitrogens with one attached hydrogen (secondary N) is 4. The van der Waals surface area contributed by atoms with E-state index in [9.17, 15) is 24.0 Å². The van der Waals surface area contributed by atoms with Crippen LogP contribution in [0.1, 0.15) is 71.9 Å². The van der Waals surface area contributed by atoms with Crippen LogP contribution in [0.25, 0.3) is 0 Å². The summed E-state index contributed by atoms with van der Waals surface area (Å²) in [5.74, 6) is -2.33. The van der Waals surface area contributed by atoms with E-state index in [0.717, 1.165) is 11.1 Å². The quantitative estimate of drug-likeness (QED) is 0.150. The lowest BCUT2D eigenvalue weighted by molar-refractivity contribution is -0.145. The lowest BCUT2D eigenvalue weighted by Crippen LogP contribution is -2.63. The highest BCUT2D eigenvalue weighted by molar-refractivity contribution is 6.38. The molecule has 10 nitrogen and oxygen atoms in total. The second-order valence-electron chi connectivity index (χ2n) is 15.1. The summed E-state index contributed by atoms with van der Waals surface area (Å²) in [7, 11) is 0. The van der Waals surface area contributed by atoms with Crippen molar-refractivity contribution in [3.8, 4) is 0 Å². The lowest BCUT2D eigenvalue weighted by Gasteiger charge is -2.40. The highest BCUT2D eigenvalue weighted by Crippen LogP contribution is 2.65. The standard InChI is InChI=1S/C36H51N5O5/c1-9-11-17-25(28(42)31(44)37-18-12-10-2)38-30(43)27-26-24(35(26,6)7)21-41(27)32(45)29(39-33(46)40-34(3,4)5)36(8)19-22-15-13-14-16-23(22)20-36/h9-10,13-16,24-27,29H,1-2,11-12,17-21H2,3-8H3,(H,37,44)(H,38,43)(H2,39,40,46)/t24-,25?,26-,27-,29+/m0/s1. The van der Waals surface area contributed by atoms with Gasteiger partial charge >= 0.3 is 6.03 Å². The van der Waals surface area contributed by atoms with Gasteiger partial charge in [-0.3, -0.25) is 19.2 Å². The second-order valence-corrected chi connectivity index (χ2v) is 15.1. The summed E-state index contributed by atoms with van der Waals surface area (Å²) < 4.78 is 0. The minimum Gasteiger partial charge on any atom is -0.349 e.